The summed E-state index contributed by atoms with van der Waals surface area (Å²) in [6, 6.07) is 8.08. The molecule has 0 bridgehead atoms. The highest BCUT2D eigenvalue weighted by Crippen LogP contribution is 2.16. The molecule has 3 heteroatoms. The van der Waals surface area contributed by atoms with Gasteiger partial charge in [-0.15, -0.1) is 0 Å². The van der Waals surface area contributed by atoms with Gasteiger partial charge in [0.05, 0.1) is 0 Å². The fraction of sp³-hybridized carbons (Fsp3) is 0.364. The Labute approximate surface area is 88.3 Å². The zero-order valence-corrected chi connectivity index (χ0v) is 8.55. The summed E-state index contributed by atoms with van der Waals surface area (Å²) < 4.78 is 0. The Kier molecular flexibility index (Phi) is 2.73. The summed E-state index contributed by atoms with van der Waals surface area (Å²) in [5.41, 5.74) is 1.18. The van der Waals surface area contributed by atoms with E-state index in [4.69, 9.17) is 11.6 Å². The highest BCUT2D eigenvalue weighted by molar-refractivity contribution is 6.30. The lowest BCUT2D eigenvalue weighted by Gasteiger charge is -2.09. The number of nitrogens with one attached hydrogen (secondary N) is 1. The Hall–Kier alpha value is -1.02. The maximum Gasteiger partial charge on any atom is 0.220 e. The molecule has 1 aliphatic rings. The number of rotatable bonds is 2. The number of carbonyl (C=O) groups excluding carboxylic acids is 1. The SMILES string of the molecule is O=C1CCC(Cc2cccc(Cl)c2)N1. The number of amides is 1. The molecular formula is C11H12ClNO. The van der Waals surface area contributed by atoms with Gasteiger partial charge < -0.3 is 5.32 Å². The molecule has 1 unspecified atom stereocenters. The quantitative estimate of drug-likeness (QED) is 0.795. The second kappa shape index (κ2) is 4.01. The first-order valence-electron chi connectivity index (χ1n) is 4.78. The maximum absolute atomic E-state index is 11.0. The summed E-state index contributed by atoms with van der Waals surface area (Å²) in [5, 5.41) is 3.70. The van der Waals surface area contributed by atoms with Gasteiger partial charge >= 0.3 is 0 Å². The van der Waals surface area contributed by atoms with E-state index in [0.29, 0.717) is 12.5 Å². The van der Waals surface area contributed by atoms with Crippen LogP contribution in [0.3, 0.4) is 0 Å². The fourth-order valence-corrected chi connectivity index (χ4v) is 1.99. The number of hydrogen-bond acceptors (Lipinski definition) is 1. The molecule has 1 aliphatic heterocycles. The molecule has 2 rings (SSSR count). The van der Waals surface area contributed by atoms with E-state index in [2.05, 4.69) is 5.32 Å². The van der Waals surface area contributed by atoms with Crippen LogP contribution in [0.5, 0.6) is 0 Å². The molecule has 74 valence electrons. The van der Waals surface area contributed by atoms with Gasteiger partial charge in [-0.25, -0.2) is 0 Å². The molecule has 0 radical (unpaired) electrons. The van der Waals surface area contributed by atoms with Gasteiger partial charge in [0.2, 0.25) is 5.91 Å². The van der Waals surface area contributed by atoms with E-state index < -0.39 is 0 Å². The Morgan fingerprint density at radius 2 is 2.36 bits per heavy atom. The van der Waals surface area contributed by atoms with Gasteiger partial charge in [0, 0.05) is 17.5 Å². The first kappa shape index (κ1) is 9.53. The van der Waals surface area contributed by atoms with Gasteiger partial charge in [-0.2, -0.15) is 0 Å². The van der Waals surface area contributed by atoms with E-state index in [1.54, 1.807) is 0 Å². The minimum Gasteiger partial charge on any atom is -0.353 e. The normalized spacial score (nSPS) is 20.9. The van der Waals surface area contributed by atoms with Crippen LogP contribution in [0, 0.1) is 0 Å². The Morgan fingerprint density at radius 3 is 3.00 bits per heavy atom. The number of hydrogen-bond donors (Lipinski definition) is 1. The molecular weight excluding hydrogens is 198 g/mol. The van der Waals surface area contributed by atoms with Crippen LogP contribution >= 0.6 is 11.6 Å². The third kappa shape index (κ3) is 2.26. The summed E-state index contributed by atoms with van der Waals surface area (Å²) in [5.74, 6) is 0.164. The summed E-state index contributed by atoms with van der Waals surface area (Å²) in [6.45, 7) is 0. The van der Waals surface area contributed by atoms with Gasteiger partial charge in [0.15, 0.2) is 0 Å². The monoisotopic (exact) mass is 209 g/mol. The molecule has 1 fully saturated rings. The highest BCUT2D eigenvalue weighted by atomic mass is 35.5. The van der Waals surface area contributed by atoms with Crippen molar-refractivity contribution in [2.45, 2.75) is 25.3 Å². The topological polar surface area (TPSA) is 29.1 Å². The van der Waals surface area contributed by atoms with Gasteiger partial charge in [-0.1, -0.05) is 23.7 Å². The Bertz CT molecular complexity index is 351. The summed E-state index contributed by atoms with van der Waals surface area (Å²) in [4.78, 5) is 11.0. The summed E-state index contributed by atoms with van der Waals surface area (Å²) in [6.07, 6.45) is 2.48. The lowest BCUT2D eigenvalue weighted by molar-refractivity contribution is -0.119. The fourth-order valence-electron chi connectivity index (χ4n) is 1.78. The largest absolute Gasteiger partial charge is 0.353 e. The van der Waals surface area contributed by atoms with Crippen molar-refractivity contribution in [3.8, 4) is 0 Å². The minimum atomic E-state index is 0.164. The van der Waals surface area contributed by atoms with Gasteiger partial charge in [0.25, 0.3) is 0 Å². The minimum absolute atomic E-state index is 0.164. The Balaban J connectivity index is 2.00. The van der Waals surface area contributed by atoms with E-state index in [1.807, 2.05) is 24.3 Å². The average molecular weight is 210 g/mol. The van der Waals surface area contributed by atoms with Crippen LogP contribution in [0.15, 0.2) is 24.3 Å². The molecule has 0 spiro atoms. The molecule has 2 nitrogen and oxygen atoms in total. The van der Waals surface area contributed by atoms with Crippen molar-refractivity contribution in [1.82, 2.24) is 5.32 Å². The van der Waals surface area contributed by atoms with Crippen molar-refractivity contribution in [2.24, 2.45) is 0 Å². The van der Waals surface area contributed by atoms with Crippen molar-refractivity contribution >= 4 is 17.5 Å². The summed E-state index contributed by atoms with van der Waals surface area (Å²) in [7, 11) is 0. The Morgan fingerprint density at radius 1 is 1.50 bits per heavy atom. The van der Waals surface area contributed by atoms with Gasteiger partial charge in [-0.3, -0.25) is 4.79 Å². The predicted octanol–water partition coefficient (Wildman–Crippen LogP) is 2.16. The molecule has 14 heavy (non-hydrogen) atoms. The van der Waals surface area contributed by atoms with Crippen molar-refractivity contribution in [3.05, 3.63) is 34.9 Å². The smallest absolute Gasteiger partial charge is 0.220 e. The first-order valence-corrected chi connectivity index (χ1v) is 5.15. The van der Waals surface area contributed by atoms with Crippen LogP contribution < -0.4 is 5.32 Å². The third-order valence-corrected chi connectivity index (χ3v) is 2.69. The van der Waals surface area contributed by atoms with Crippen LogP contribution in [-0.2, 0) is 11.2 Å². The second-order valence-corrected chi connectivity index (χ2v) is 4.07. The van der Waals surface area contributed by atoms with Crippen LogP contribution in [0.2, 0.25) is 5.02 Å². The maximum atomic E-state index is 11.0. The third-order valence-electron chi connectivity index (χ3n) is 2.46. The zero-order chi connectivity index (χ0) is 9.97. The van der Waals surface area contributed by atoms with E-state index in [9.17, 15) is 4.79 Å². The molecule has 0 aromatic heterocycles. The molecule has 1 heterocycles. The van der Waals surface area contributed by atoms with Crippen molar-refractivity contribution in [1.29, 1.82) is 0 Å². The molecule has 1 saturated heterocycles. The molecule has 0 aliphatic carbocycles. The standard InChI is InChI=1S/C11H12ClNO/c12-9-3-1-2-8(6-9)7-10-4-5-11(14)13-10/h1-3,6,10H,4-5,7H2,(H,13,14). The molecule has 1 aromatic carbocycles. The molecule has 1 aromatic rings. The number of halogens is 1. The van der Waals surface area contributed by atoms with Gasteiger partial charge in [0.1, 0.15) is 0 Å². The molecule has 1 atom stereocenters. The molecule has 0 saturated carbocycles. The van der Waals surface area contributed by atoms with Crippen LogP contribution in [0.25, 0.3) is 0 Å². The average Bonchev–Trinajstić information content (AvgIpc) is 2.51. The number of carbonyl (C=O) groups is 1. The van der Waals surface area contributed by atoms with Gasteiger partial charge in [-0.05, 0) is 30.5 Å². The van der Waals surface area contributed by atoms with Crippen LogP contribution in [-0.4, -0.2) is 11.9 Å². The molecule has 1 N–H and O–H groups in total. The van der Waals surface area contributed by atoms with E-state index in [-0.39, 0.29) is 5.91 Å². The lowest BCUT2D eigenvalue weighted by atomic mass is 10.1. The first-order chi connectivity index (χ1) is 6.74. The van der Waals surface area contributed by atoms with Crippen LogP contribution in [0.4, 0.5) is 0 Å². The van der Waals surface area contributed by atoms with Crippen molar-refractivity contribution in [2.75, 3.05) is 0 Å². The lowest BCUT2D eigenvalue weighted by Crippen LogP contribution is -2.27. The predicted molar refractivity (Wildman–Crippen MR) is 56.3 cm³/mol. The van der Waals surface area contributed by atoms with Crippen LogP contribution in [0.1, 0.15) is 18.4 Å². The highest BCUT2D eigenvalue weighted by Gasteiger charge is 2.20. The number of benzene rings is 1. The summed E-state index contributed by atoms with van der Waals surface area (Å²) >= 11 is 5.87. The second-order valence-electron chi connectivity index (χ2n) is 3.64. The van der Waals surface area contributed by atoms with Crippen molar-refractivity contribution < 1.29 is 4.79 Å². The van der Waals surface area contributed by atoms with Crippen molar-refractivity contribution in [3.63, 3.8) is 0 Å². The zero-order valence-electron chi connectivity index (χ0n) is 7.79. The van der Waals surface area contributed by atoms with E-state index in [0.717, 1.165) is 17.9 Å². The van der Waals surface area contributed by atoms with E-state index >= 15 is 0 Å². The van der Waals surface area contributed by atoms with E-state index in [1.165, 1.54) is 5.56 Å². The molecule has 1 amide bonds.